The molecule has 1 aliphatic heterocycles. The van der Waals surface area contributed by atoms with E-state index in [1.165, 1.54) is 6.20 Å². The van der Waals surface area contributed by atoms with Crippen LogP contribution in [0, 0.1) is 6.92 Å². The van der Waals surface area contributed by atoms with Crippen LogP contribution in [0.15, 0.2) is 17.1 Å². The van der Waals surface area contributed by atoms with Crippen LogP contribution in [0.5, 0.6) is 0 Å². The van der Waals surface area contributed by atoms with Crippen molar-refractivity contribution in [3.8, 4) is 0 Å². The first-order valence-electron chi connectivity index (χ1n) is 9.68. The number of aliphatic hydroxyl groups excluding tert-OH is 3. The quantitative estimate of drug-likeness (QED) is 0.386. The van der Waals surface area contributed by atoms with Gasteiger partial charge in [0.25, 0.3) is 0 Å². The standard InChI is InChI=1S/C18H28N3O8P/c1-5-18(4,29-30(26,27)10(3)22)7-12-13(23)14(24)16(28-12)21-8-11-6-9(2)19-15(11)20-17(21)25/h6,8,10,12-14,16,22-24H,5,7H2,1-4H3,(H,26,27)(H,19,20,25)/t10?,12-,13-,14-,16-,18?/m1/s1. The van der Waals surface area contributed by atoms with E-state index in [-0.39, 0.29) is 12.8 Å². The number of nitrogens with one attached hydrogen (secondary N) is 1. The van der Waals surface area contributed by atoms with E-state index in [1.807, 2.05) is 6.92 Å². The molecule has 3 heterocycles. The predicted molar refractivity (Wildman–Crippen MR) is 107 cm³/mol. The van der Waals surface area contributed by atoms with Gasteiger partial charge in [-0.15, -0.1) is 0 Å². The molecule has 11 nitrogen and oxygen atoms in total. The fourth-order valence-corrected chi connectivity index (χ4v) is 4.51. The molecule has 5 N–H and O–H groups in total. The van der Waals surface area contributed by atoms with Crippen molar-refractivity contribution in [2.24, 2.45) is 0 Å². The molecule has 0 radical (unpaired) electrons. The highest BCUT2D eigenvalue weighted by Gasteiger charge is 2.48. The molecule has 7 atom stereocenters. The highest BCUT2D eigenvalue weighted by molar-refractivity contribution is 7.53. The van der Waals surface area contributed by atoms with Crippen molar-refractivity contribution in [2.45, 2.75) is 76.5 Å². The van der Waals surface area contributed by atoms with Gasteiger partial charge in [-0.2, -0.15) is 4.98 Å². The Morgan fingerprint density at radius 3 is 2.70 bits per heavy atom. The third kappa shape index (κ3) is 4.38. The van der Waals surface area contributed by atoms with Crippen LogP contribution in [0.25, 0.3) is 11.0 Å². The van der Waals surface area contributed by atoms with Gasteiger partial charge in [-0.05, 0) is 33.3 Å². The number of aliphatic hydroxyl groups is 3. The van der Waals surface area contributed by atoms with Gasteiger partial charge in [0.15, 0.2) is 12.1 Å². The number of H-pyrrole nitrogens is 1. The molecule has 12 heteroatoms. The molecule has 168 valence electrons. The number of aryl methyl sites for hydroxylation is 1. The van der Waals surface area contributed by atoms with Crippen LogP contribution >= 0.6 is 7.60 Å². The first-order valence-corrected chi connectivity index (χ1v) is 11.3. The molecule has 2 aromatic heterocycles. The zero-order valence-electron chi connectivity index (χ0n) is 17.2. The van der Waals surface area contributed by atoms with Gasteiger partial charge in [0.2, 0.25) is 0 Å². The third-order valence-electron chi connectivity index (χ3n) is 5.48. The lowest BCUT2D eigenvalue weighted by Gasteiger charge is -2.34. The van der Waals surface area contributed by atoms with Crippen molar-refractivity contribution < 1.29 is 34.0 Å². The SMILES string of the molecule is CCC(C)(C[C@H]1O[C@@H](n2cc3cc(C)[nH]c3nc2=O)[C@H](O)[C@@H]1O)OP(=O)(O)C(C)O. The molecule has 1 aliphatic rings. The molecule has 2 aromatic rings. The molecule has 0 aliphatic carbocycles. The molecule has 0 aromatic carbocycles. The van der Waals surface area contributed by atoms with Crippen LogP contribution in [0.3, 0.4) is 0 Å². The second-order valence-corrected chi connectivity index (χ2v) is 10.1. The molecule has 3 rings (SSSR count). The molecule has 0 bridgehead atoms. The highest BCUT2D eigenvalue weighted by Crippen LogP contribution is 2.52. The van der Waals surface area contributed by atoms with Crippen molar-refractivity contribution in [2.75, 3.05) is 0 Å². The van der Waals surface area contributed by atoms with E-state index in [2.05, 4.69) is 9.97 Å². The fourth-order valence-electron chi connectivity index (χ4n) is 3.52. The first-order chi connectivity index (χ1) is 13.9. The maximum Gasteiger partial charge on any atom is 0.356 e. The van der Waals surface area contributed by atoms with Crippen molar-refractivity contribution >= 4 is 18.6 Å². The summed E-state index contributed by atoms with van der Waals surface area (Å²) in [7, 11) is -4.31. The van der Waals surface area contributed by atoms with Crippen LogP contribution in [0.1, 0.15) is 45.5 Å². The van der Waals surface area contributed by atoms with Crippen molar-refractivity contribution in [3.63, 3.8) is 0 Å². The van der Waals surface area contributed by atoms with E-state index in [0.29, 0.717) is 11.0 Å². The fraction of sp³-hybridized carbons (Fsp3) is 0.667. The molecular formula is C18H28N3O8P. The summed E-state index contributed by atoms with van der Waals surface area (Å²) in [5.74, 6) is -1.59. The van der Waals surface area contributed by atoms with Crippen LogP contribution in [0.2, 0.25) is 0 Å². The molecule has 1 fully saturated rings. The number of rotatable bonds is 7. The molecule has 1 saturated heterocycles. The summed E-state index contributed by atoms with van der Waals surface area (Å²) < 4.78 is 24.3. The Balaban J connectivity index is 1.85. The Morgan fingerprint density at radius 2 is 2.10 bits per heavy atom. The summed E-state index contributed by atoms with van der Waals surface area (Å²) in [5, 5.41) is 31.2. The second kappa shape index (κ2) is 8.16. The number of nitrogens with zero attached hydrogens (tertiary/aromatic N) is 2. The number of ether oxygens (including phenoxy) is 1. The maximum atomic E-state index is 12.4. The second-order valence-electron chi connectivity index (χ2n) is 8.03. The number of fused-ring (bicyclic) bond motifs is 1. The Kier molecular flexibility index (Phi) is 6.28. The zero-order chi connectivity index (χ0) is 22.4. The number of aromatic nitrogens is 3. The van der Waals surface area contributed by atoms with Crippen LogP contribution in [0.4, 0.5) is 0 Å². The number of hydrogen-bond acceptors (Lipinski definition) is 8. The molecule has 30 heavy (non-hydrogen) atoms. The minimum absolute atomic E-state index is 0.0524. The smallest absolute Gasteiger partial charge is 0.356 e. The summed E-state index contributed by atoms with van der Waals surface area (Å²) >= 11 is 0. The molecular weight excluding hydrogens is 417 g/mol. The molecule has 0 saturated carbocycles. The van der Waals surface area contributed by atoms with Crippen LogP contribution in [-0.4, -0.2) is 64.5 Å². The van der Waals surface area contributed by atoms with E-state index in [1.54, 1.807) is 19.9 Å². The van der Waals surface area contributed by atoms with E-state index >= 15 is 0 Å². The first kappa shape index (κ1) is 23.1. The summed E-state index contributed by atoms with van der Waals surface area (Å²) in [6, 6.07) is 1.78. The van der Waals surface area contributed by atoms with Crippen LogP contribution < -0.4 is 5.69 Å². The Bertz CT molecular complexity index is 1020. The summed E-state index contributed by atoms with van der Waals surface area (Å²) in [4.78, 5) is 29.2. The lowest BCUT2D eigenvalue weighted by molar-refractivity contribution is -0.0690. The van der Waals surface area contributed by atoms with E-state index in [4.69, 9.17) is 9.26 Å². The topological polar surface area (TPSA) is 167 Å². The van der Waals surface area contributed by atoms with Gasteiger partial charge in [0.05, 0.1) is 11.7 Å². The van der Waals surface area contributed by atoms with Gasteiger partial charge in [0.1, 0.15) is 17.9 Å². The number of hydrogen-bond donors (Lipinski definition) is 5. The van der Waals surface area contributed by atoms with Crippen molar-refractivity contribution in [1.82, 2.24) is 14.5 Å². The average Bonchev–Trinajstić information content (AvgIpc) is 3.13. The Labute approximate surface area is 172 Å². The summed E-state index contributed by atoms with van der Waals surface area (Å²) in [6.45, 7) is 6.23. The lowest BCUT2D eigenvalue weighted by atomic mass is 9.93. The van der Waals surface area contributed by atoms with Gasteiger partial charge in [-0.1, -0.05) is 6.92 Å². The van der Waals surface area contributed by atoms with E-state index in [0.717, 1.165) is 17.2 Å². The van der Waals surface area contributed by atoms with E-state index in [9.17, 15) is 29.6 Å². The minimum atomic E-state index is -4.31. The lowest BCUT2D eigenvalue weighted by Crippen LogP contribution is -2.39. The molecule has 3 unspecified atom stereocenters. The minimum Gasteiger partial charge on any atom is -0.388 e. The maximum absolute atomic E-state index is 12.4. The normalized spacial score (nSPS) is 29.6. The average molecular weight is 445 g/mol. The van der Waals surface area contributed by atoms with Crippen molar-refractivity contribution in [1.29, 1.82) is 0 Å². The van der Waals surface area contributed by atoms with Gasteiger partial charge in [-0.3, -0.25) is 9.13 Å². The summed E-state index contributed by atoms with van der Waals surface area (Å²) in [6.07, 6.45) is -3.27. The van der Waals surface area contributed by atoms with E-state index < -0.39 is 49.3 Å². The Hall–Kier alpha value is -1.59. The third-order valence-corrected chi connectivity index (χ3v) is 7.13. The predicted octanol–water partition coefficient (Wildman–Crippen LogP) is 0.751. The van der Waals surface area contributed by atoms with Gasteiger partial charge >= 0.3 is 13.3 Å². The molecule has 0 amide bonds. The van der Waals surface area contributed by atoms with Gasteiger partial charge in [0, 0.05) is 23.7 Å². The largest absolute Gasteiger partial charge is 0.388 e. The summed E-state index contributed by atoms with van der Waals surface area (Å²) in [5.41, 5.74) is -0.679. The zero-order valence-corrected chi connectivity index (χ0v) is 18.1. The monoisotopic (exact) mass is 445 g/mol. The van der Waals surface area contributed by atoms with Crippen LogP contribution in [-0.2, 0) is 13.8 Å². The van der Waals surface area contributed by atoms with Crippen molar-refractivity contribution in [3.05, 3.63) is 28.4 Å². The number of aromatic amines is 1. The Morgan fingerprint density at radius 1 is 1.43 bits per heavy atom. The molecule has 0 spiro atoms. The highest BCUT2D eigenvalue weighted by atomic mass is 31.2. The van der Waals surface area contributed by atoms with Gasteiger partial charge < -0.3 is 34.5 Å². The van der Waals surface area contributed by atoms with Gasteiger partial charge in [-0.25, -0.2) is 4.79 Å².